The zero-order chi connectivity index (χ0) is 20.0. The summed E-state index contributed by atoms with van der Waals surface area (Å²) < 4.78 is 6.30. The first kappa shape index (κ1) is 20.2. The average molecular weight is 393 g/mol. The van der Waals surface area contributed by atoms with Crippen molar-refractivity contribution in [2.45, 2.75) is 38.7 Å². The molecule has 0 aliphatic carbocycles. The van der Waals surface area contributed by atoms with Crippen LogP contribution in [0.1, 0.15) is 48.4 Å². The molecular formula is C25H25ClO2. The van der Waals surface area contributed by atoms with Gasteiger partial charge in [-0.2, -0.15) is 0 Å². The molecule has 0 saturated heterocycles. The van der Waals surface area contributed by atoms with E-state index in [-0.39, 0.29) is 5.97 Å². The lowest BCUT2D eigenvalue weighted by atomic mass is 9.79. The molecule has 1 atom stereocenters. The maximum absolute atomic E-state index is 12.9. The summed E-state index contributed by atoms with van der Waals surface area (Å²) in [5.74, 6) is -0.230. The monoisotopic (exact) mass is 392 g/mol. The molecule has 0 spiro atoms. The van der Waals surface area contributed by atoms with Gasteiger partial charge in [0.05, 0.1) is 0 Å². The van der Waals surface area contributed by atoms with Gasteiger partial charge in [-0.25, -0.2) is 0 Å². The third-order valence-corrected chi connectivity index (χ3v) is 5.22. The third kappa shape index (κ3) is 4.13. The van der Waals surface area contributed by atoms with Gasteiger partial charge in [-0.3, -0.25) is 4.79 Å². The van der Waals surface area contributed by atoms with E-state index in [1.807, 2.05) is 85.8 Å². The van der Waals surface area contributed by atoms with Crippen LogP contribution in [0.4, 0.5) is 0 Å². The third-order valence-electron chi connectivity index (χ3n) is 4.89. The number of aryl methyl sites for hydroxylation is 1. The Bertz CT molecular complexity index is 919. The first-order valence-corrected chi connectivity index (χ1v) is 10.0. The fraction of sp³-hybridized carbons (Fsp3) is 0.240. The molecule has 0 radical (unpaired) electrons. The molecule has 28 heavy (non-hydrogen) atoms. The number of carbonyl (C=O) groups excluding carboxylic acids is 1. The molecule has 0 aliphatic rings. The standard InChI is InChI=1S/C25H25ClO2/c1-3-4-14-24(27)28-25(20-10-6-5-7-11-20,21-17-15-19(2)16-18-21)22-12-8-9-13-23(22)26/h5-13,15-18H,3-4,14H2,1-2H3. The fourth-order valence-corrected chi connectivity index (χ4v) is 3.67. The molecule has 144 valence electrons. The summed E-state index contributed by atoms with van der Waals surface area (Å²) in [5.41, 5.74) is 2.55. The van der Waals surface area contributed by atoms with Crippen molar-refractivity contribution in [2.24, 2.45) is 0 Å². The summed E-state index contributed by atoms with van der Waals surface area (Å²) in [6.45, 7) is 4.10. The lowest BCUT2D eigenvalue weighted by Crippen LogP contribution is -2.35. The number of unbranched alkanes of at least 4 members (excludes halogenated alkanes) is 1. The Balaban J connectivity index is 2.27. The number of carbonyl (C=O) groups is 1. The highest BCUT2D eigenvalue weighted by atomic mass is 35.5. The highest BCUT2D eigenvalue weighted by molar-refractivity contribution is 6.31. The van der Waals surface area contributed by atoms with Gasteiger partial charge in [0.2, 0.25) is 0 Å². The SMILES string of the molecule is CCCCC(=O)OC(c1ccccc1)(c1ccc(C)cc1)c1ccccc1Cl. The van der Waals surface area contributed by atoms with Crippen molar-refractivity contribution in [3.63, 3.8) is 0 Å². The lowest BCUT2D eigenvalue weighted by Gasteiger charge is -2.36. The van der Waals surface area contributed by atoms with Gasteiger partial charge in [0.15, 0.2) is 5.60 Å². The van der Waals surface area contributed by atoms with E-state index in [1.165, 1.54) is 0 Å². The highest BCUT2D eigenvalue weighted by Crippen LogP contribution is 2.43. The van der Waals surface area contributed by atoms with Gasteiger partial charge in [-0.05, 0) is 19.4 Å². The van der Waals surface area contributed by atoms with Gasteiger partial charge >= 0.3 is 5.97 Å². The van der Waals surface area contributed by atoms with Crippen LogP contribution >= 0.6 is 11.6 Å². The number of rotatable bonds is 7. The predicted octanol–water partition coefficient (Wildman–Crippen LogP) is 6.67. The van der Waals surface area contributed by atoms with E-state index in [1.54, 1.807) is 0 Å². The first-order chi connectivity index (χ1) is 13.6. The van der Waals surface area contributed by atoms with Crippen LogP contribution in [0, 0.1) is 6.92 Å². The quantitative estimate of drug-likeness (QED) is 0.331. The Kier molecular flexibility index (Phi) is 6.53. The molecule has 0 bridgehead atoms. The highest BCUT2D eigenvalue weighted by Gasteiger charge is 2.41. The Labute approximate surface area is 172 Å². The number of ether oxygens (including phenoxy) is 1. The van der Waals surface area contributed by atoms with E-state index in [0.717, 1.165) is 35.1 Å². The minimum Gasteiger partial charge on any atom is -0.444 e. The van der Waals surface area contributed by atoms with E-state index in [9.17, 15) is 4.79 Å². The van der Waals surface area contributed by atoms with Crippen molar-refractivity contribution in [3.05, 3.63) is 106 Å². The Morgan fingerprint density at radius 3 is 2.14 bits per heavy atom. The van der Waals surface area contributed by atoms with Gasteiger partial charge < -0.3 is 4.74 Å². The zero-order valence-corrected chi connectivity index (χ0v) is 17.1. The molecule has 1 unspecified atom stereocenters. The minimum absolute atomic E-state index is 0.230. The van der Waals surface area contributed by atoms with Crippen LogP contribution < -0.4 is 0 Å². The normalized spacial score (nSPS) is 13.0. The molecule has 3 aromatic rings. The second kappa shape index (κ2) is 9.07. The second-order valence-electron chi connectivity index (χ2n) is 6.97. The fourth-order valence-electron chi connectivity index (χ4n) is 3.40. The van der Waals surface area contributed by atoms with E-state index < -0.39 is 5.60 Å². The summed E-state index contributed by atoms with van der Waals surface area (Å²) in [6, 6.07) is 25.5. The number of benzene rings is 3. The van der Waals surface area contributed by atoms with Gasteiger partial charge in [-0.15, -0.1) is 0 Å². The van der Waals surface area contributed by atoms with Crippen molar-refractivity contribution in [3.8, 4) is 0 Å². The molecule has 3 rings (SSSR count). The van der Waals surface area contributed by atoms with Crippen LogP contribution in [-0.4, -0.2) is 5.97 Å². The van der Waals surface area contributed by atoms with Gasteiger partial charge in [0.1, 0.15) is 0 Å². The van der Waals surface area contributed by atoms with Crippen LogP contribution in [0.5, 0.6) is 0 Å². The maximum atomic E-state index is 12.9. The zero-order valence-electron chi connectivity index (χ0n) is 16.3. The molecular weight excluding hydrogens is 368 g/mol. The molecule has 0 N–H and O–H groups in total. The molecule has 0 amide bonds. The van der Waals surface area contributed by atoms with Crippen molar-refractivity contribution in [1.29, 1.82) is 0 Å². The maximum Gasteiger partial charge on any atom is 0.307 e. The van der Waals surface area contributed by atoms with E-state index in [0.29, 0.717) is 11.4 Å². The Morgan fingerprint density at radius 1 is 0.893 bits per heavy atom. The number of esters is 1. The summed E-state index contributed by atoms with van der Waals surface area (Å²) in [6.07, 6.45) is 2.10. The number of hydrogen-bond donors (Lipinski definition) is 0. The molecule has 0 saturated carbocycles. The Hall–Kier alpha value is -2.58. The van der Waals surface area contributed by atoms with Crippen LogP contribution in [0.3, 0.4) is 0 Å². The van der Waals surface area contributed by atoms with Gasteiger partial charge in [0, 0.05) is 28.1 Å². The minimum atomic E-state index is -1.10. The molecule has 0 fully saturated rings. The van der Waals surface area contributed by atoms with Crippen LogP contribution in [0.2, 0.25) is 5.02 Å². The van der Waals surface area contributed by atoms with Gasteiger partial charge in [-0.1, -0.05) is 103 Å². The Morgan fingerprint density at radius 2 is 1.50 bits per heavy atom. The smallest absolute Gasteiger partial charge is 0.307 e. The van der Waals surface area contributed by atoms with Crippen molar-refractivity contribution >= 4 is 17.6 Å². The van der Waals surface area contributed by atoms with E-state index >= 15 is 0 Å². The van der Waals surface area contributed by atoms with Crippen molar-refractivity contribution in [1.82, 2.24) is 0 Å². The molecule has 0 heterocycles. The summed E-state index contributed by atoms with van der Waals surface area (Å²) in [5, 5.41) is 0.565. The average Bonchev–Trinajstić information content (AvgIpc) is 2.72. The summed E-state index contributed by atoms with van der Waals surface area (Å²) in [4.78, 5) is 12.9. The molecule has 2 nitrogen and oxygen atoms in total. The first-order valence-electron chi connectivity index (χ1n) is 9.67. The topological polar surface area (TPSA) is 26.3 Å². The second-order valence-corrected chi connectivity index (χ2v) is 7.38. The summed E-state index contributed by atoms with van der Waals surface area (Å²) >= 11 is 6.64. The molecule has 3 aromatic carbocycles. The molecule has 0 aliphatic heterocycles. The van der Waals surface area contributed by atoms with Gasteiger partial charge in [0.25, 0.3) is 0 Å². The predicted molar refractivity (Wildman–Crippen MR) is 115 cm³/mol. The van der Waals surface area contributed by atoms with Crippen LogP contribution in [0.15, 0.2) is 78.9 Å². The van der Waals surface area contributed by atoms with E-state index in [4.69, 9.17) is 16.3 Å². The number of hydrogen-bond acceptors (Lipinski definition) is 2. The largest absolute Gasteiger partial charge is 0.444 e. The van der Waals surface area contributed by atoms with Crippen molar-refractivity contribution in [2.75, 3.05) is 0 Å². The number of halogens is 1. The summed E-state index contributed by atoms with van der Waals surface area (Å²) in [7, 11) is 0. The molecule has 0 aromatic heterocycles. The van der Waals surface area contributed by atoms with Crippen LogP contribution in [-0.2, 0) is 15.1 Å². The lowest BCUT2D eigenvalue weighted by molar-refractivity contribution is -0.153. The van der Waals surface area contributed by atoms with E-state index in [2.05, 4.69) is 6.92 Å². The molecule has 3 heteroatoms. The van der Waals surface area contributed by atoms with Crippen molar-refractivity contribution < 1.29 is 9.53 Å². The van der Waals surface area contributed by atoms with Crippen LogP contribution in [0.25, 0.3) is 0 Å².